The number of methoxy groups -OCH3 is 1. The van der Waals surface area contributed by atoms with E-state index in [2.05, 4.69) is 0 Å². The molecule has 4 heteroatoms. The minimum absolute atomic E-state index is 0.0715. The Hall–Kier alpha value is -1.84. The number of carbonyl (C=O) groups excluding carboxylic acids is 2. The molecule has 2 amide bonds. The number of rotatable bonds is 0. The van der Waals surface area contributed by atoms with Crippen molar-refractivity contribution in [2.24, 2.45) is 11.8 Å². The molecule has 0 saturated heterocycles. The fraction of sp³-hybridized carbons (Fsp3) is 0.500. The van der Waals surface area contributed by atoms with Crippen LogP contribution >= 0.6 is 0 Å². The normalized spacial score (nSPS) is 33.9. The van der Waals surface area contributed by atoms with Crippen LogP contribution in [0.2, 0.25) is 0 Å². The summed E-state index contributed by atoms with van der Waals surface area (Å²) in [6.45, 7) is 0. The van der Waals surface area contributed by atoms with Gasteiger partial charge >= 0.3 is 6.09 Å². The van der Waals surface area contributed by atoms with Gasteiger partial charge in [0.2, 0.25) is 5.91 Å². The molecule has 2 aliphatic carbocycles. The highest BCUT2D eigenvalue weighted by Gasteiger charge is 2.63. The average Bonchev–Trinajstić information content (AvgIpc) is 3.14. The molecular weight excluding hydrogens is 254 g/mol. The van der Waals surface area contributed by atoms with Crippen LogP contribution in [0.4, 0.5) is 10.5 Å². The van der Waals surface area contributed by atoms with E-state index in [0.717, 1.165) is 30.5 Å². The van der Waals surface area contributed by atoms with E-state index in [0.29, 0.717) is 11.8 Å². The molecule has 104 valence electrons. The third-order valence-electron chi connectivity index (χ3n) is 5.42. The highest BCUT2D eigenvalue weighted by Crippen LogP contribution is 2.61. The van der Waals surface area contributed by atoms with E-state index >= 15 is 0 Å². The lowest BCUT2D eigenvalue weighted by Gasteiger charge is -2.32. The van der Waals surface area contributed by atoms with Crippen LogP contribution in [0.1, 0.15) is 31.2 Å². The monoisotopic (exact) mass is 271 g/mol. The van der Waals surface area contributed by atoms with Gasteiger partial charge in [0.15, 0.2) is 0 Å². The fourth-order valence-corrected chi connectivity index (χ4v) is 4.66. The summed E-state index contributed by atoms with van der Waals surface area (Å²) in [5, 5.41) is 0. The summed E-state index contributed by atoms with van der Waals surface area (Å²) >= 11 is 0. The standard InChI is InChI=1S/C16H17NO3/c1-20-15(19)17-13-5-3-2-4-12(13)16(14(17)18)9-10-6-7-11(16)8-10/h2-5,10-11H,6-9H2,1H3. The van der Waals surface area contributed by atoms with Crippen molar-refractivity contribution in [3.05, 3.63) is 29.8 Å². The van der Waals surface area contributed by atoms with E-state index in [4.69, 9.17) is 4.74 Å². The first-order valence-corrected chi connectivity index (χ1v) is 7.20. The van der Waals surface area contributed by atoms with Crippen molar-refractivity contribution in [3.63, 3.8) is 0 Å². The summed E-state index contributed by atoms with van der Waals surface area (Å²) in [6.07, 6.45) is 3.76. The molecule has 2 bridgehead atoms. The summed E-state index contributed by atoms with van der Waals surface area (Å²) in [5.74, 6) is 0.947. The van der Waals surface area contributed by atoms with Crippen LogP contribution < -0.4 is 4.90 Å². The second-order valence-electron chi connectivity index (χ2n) is 6.18. The van der Waals surface area contributed by atoms with Gasteiger partial charge in [0.05, 0.1) is 18.2 Å². The molecule has 1 heterocycles. The molecule has 4 rings (SSSR count). The van der Waals surface area contributed by atoms with Crippen LogP contribution in [0.3, 0.4) is 0 Å². The second kappa shape index (κ2) is 3.84. The zero-order chi connectivity index (χ0) is 13.9. The molecule has 2 saturated carbocycles. The van der Waals surface area contributed by atoms with Gasteiger partial charge in [-0.1, -0.05) is 24.6 Å². The van der Waals surface area contributed by atoms with Gasteiger partial charge in [-0.2, -0.15) is 0 Å². The zero-order valence-corrected chi connectivity index (χ0v) is 11.5. The molecule has 1 aromatic carbocycles. The molecule has 0 radical (unpaired) electrons. The molecule has 3 unspecified atom stereocenters. The quantitative estimate of drug-likeness (QED) is 0.729. The van der Waals surface area contributed by atoms with Crippen molar-refractivity contribution in [1.82, 2.24) is 0 Å². The number of amides is 2. The summed E-state index contributed by atoms with van der Waals surface area (Å²) in [5.41, 5.74) is 1.28. The van der Waals surface area contributed by atoms with E-state index in [-0.39, 0.29) is 5.91 Å². The number of hydrogen-bond acceptors (Lipinski definition) is 3. The van der Waals surface area contributed by atoms with Crippen LogP contribution in [0.25, 0.3) is 0 Å². The van der Waals surface area contributed by atoms with Gasteiger partial charge in [-0.15, -0.1) is 0 Å². The molecule has 2 fully saturated rings. The van der Waals surface area contributed by atoms with Crippen molar-refractivity contribution in [2.75, 3.05) is 12.0 Å². The van der Waals surface area contributed by atoms with Crippen molar-refractivity contribution in [3.8, 4) is 0 Å². The number of carbonyl (C=O) groups is 2. The molecule has 4 nitrogen and oxygen atoms in total. The SMILES string of the molecule is COC(=O)N1C(=O)C2(CC3CCC2C3)c2ccccc21. The van der Waals surface area contributed by atoms with Gasteiger partial charge in [0.25, 0.3) is 0 Å². The Bertz CT molecular complexity index is 611. The predicted octanol–water partition coefficient (Wildman–Crippen LogP) is 2.86. The third-order valence-corrected chi connectivity index (χ3v) is 5.42. The van der Waals surface area contributed by atoms with Crippen LogP contribution in [-0.2, 0) is 14.9 Å². The number of nitrogens with zero attached hydrogens (tertiary/aromatic N) is 1. The molecule has 1 spiro atoms. The second-order valence-corrected chi connectivity index (χ2v) is 6.18. The highest BCUT2D eigenvalue weighted by atomic mass is 16.5. The summed E-state index contributed by atoms with van der Waals surface area (Å²) in [6, 6.07) is 7.69. The third kappa shape index (κ3) is 1.22. The Kier molecular flexibility index (Phi) is 2.29. The molecule has 0 N–H and O–H groups in total. The average molecular weight is 271 g/mol. The minimum atomic E-state index is -0.568. The van der Waals surface area contributed by atoms with E-state index in [1.54, 1.807) is 0 Å². The number of benzene rings is 1. The summed E-state index contributed by atoms with van der Waals surface area (Å²) < 4.78 is 4.81. The molecule has 20 heavy (non-hydrogen) atoms. The molecule has 1 aliphatic heterocycles. The molecule has 1 aromatic rings. The molecule has 3 atom stereocenters. The lowest BCUT2D eigenvalue weighted by molar-refractivity contribution is -0.124. The van der Waals surface area contributed by atoms with Crippen molar-refractivity contribution in [2.45, 2.75) is 31.1 Å². The van der Waals surface area contributed by atoms with Crippen molar-refractivity contribution < 1.29 is 14.3 Å². The number of anilines is 1. The first-order chi connectivity index (χ1) is 9.68. The molecule has 0 aromatic heterocycles. The fourth-order valence-electron chi connectivity index (χ4n) is 4.66. The largest absolute Gasteiger partial charge is 0.452 e. The predicted molar refractivity (Wildman–Crippen MR) is 73.5 cm³/mol. The van der Waals surface area contributed by atoms with E-state index in [1.165, 1.54) is 18.4 Å². The maximum Gasteiger partial charge on any atom is 0.420 e. The Labute approximate surface area is 117 Å². The van der Waals surface area contributed by atoms with Gasteiger partial charge < -0.3 is 4.74 Å². The lowest BCUT2D eigenvalue weighted by atomic mass is 9.69. The lowest BCUT2D eigenvalue weighted by Crippen LogP contribution is -2.46. The van der Waals surface area contributed by atoms with Gasteiger partial charge in [0, 0.05) is 0 Å². The van der Waals surface area contributed by atoms with Crippen molar-refractivity contribution >= 4 is 17.7 Å². The Morgan fingerprint density at radius 2 is 2.15 bits per heavy atom. The van der Waals surface area contributed by atoms with E-state index in [9.17, 15) is 9.59 Å². The van der Waals surface area contributed by atoms with Gasteiger partial charge in [-0.25, -0.2) is 9.69 Å². The van der Waals surface area contributed by atoms with Crippen LogP contribution in [0.5, 0.6) is 0 Å². The van der Waals surface area contributed by atoms with Crippen LogP contribution in [-0.4, -0.2) is 19.1 Å². The van der Waals surface area contributed by atoms with Crippen LogP contribution in [0, 0.1) is 11.8 Å². The zero-order valence-electron chi connectivity index (χ0n) is 11.5. The Balaban J connectivity index is 1.90. The Morgan fingerprint density at radius 3 is 2.80 bits per heavy atom. The topological polar surface area (TPSA) is 46.6 Å². The summed E-state index contributed by atoms with van der Waals surface area (Å²) in [7, 11) is 1.32. The molecule has 3 aliphatic rings. The van der Waals surface area contributed by atoms with Crippen LogP contribution in [0.15, 0.2) is 24.3 Å². The van der Waals surface area contributed by atoms with Gasteiger partial charge in [-0.05, 0) is 42.7 Å². The van der Waals surface area contributed by atoms with Gasteiger partial charge in [0.1, 0.15) is 0 Å². The molecular formula is C16H17NO3. The Morgan fingerprint density at radius 1 is 1.35 bits per heavy atom. The first-order valence-electron chi connectivity index (χ1n) is 7.20. The maximum absolute atomic E-state index is 13.0. The first kappa shape index (κ1) is 11.9. The minimum Gasteiger partial charge on any atom is -0.452 e. The van der Waals surface area contributed by atoms with E-state index < -0.39 is 11.5 Å². The van der Waals surface area contributed by atoms with E-state index in [1.807, 2.05) is 24.3 Å². The number of imide groups is 1. The number of ether oxygens (including phenoxy) is 1. The number of para-hydroxylation sites is 1. The summed E-state index contributed by atoms with van der Waals surface area (Å²) in [4.78, 5) is 26.3. The smallest absolute Gasteiger partial charge is 0.420 e. The number of hydrogen-bond donors (Lipinski definition) is 0. The highest BCUT2D eigenvalue weighted by molar-refractivity contribution is 6.21. The van der Waals surface area contributed by atoms with Crippen molar-refractivity contribution in [1.29, 1.82) is 0 Å². The van der Waals surface area contributed by atoms with Gasteiger partial charge in [-0.3, -0.25) is 4.79 Å². The maximum atomic E-state index is 13.0. The number of fused-ring (bicyclic) bond motifs is 5.